The van der Waals surface area contributed by atoms with Crippen molar-refractivity contribution >= 4 is 0 Å². The van der Waals surface area contributed by atoms with Gasteiger partial charge in [0.2, 0.25) is 0 Å². The Morgan fingerprint density at radius 3 is 2.44 bits per heavy atom. The summed E-state index contributed by atoms with van der Waals surface area (Å²) in [5, 5.41) is 0. The summed E-state index contributed by atoms with van der Waals surface area (Å²) in [6, 6.07) is 6.26. The van der Waals surface area contributed by atoms with Crippen LogP contribution in [-0.4, -0.2) is 31.1 Å². The van der Waals surface area contributed by atoms with Gasteiger partial charge in [-0.05, 0) is 44.1 Å². The van der Waals surface area contributed by atoms with Crippen molar-refractivity contribution in [2.75, 3.05) is 26.2 Å². The number of aryl methyl sites for hydroxylation is 1. The van der Waals surface area contributed by atoms with Crippen LogP contribution in [0.1, 0.15) is 37.9 Å². The van der Waals surface area contributed by atoms with Crippen molar-refractivity contribution in [2.24, 2.45) is 5.73 Å². The van der Waals surface area contributed by atoms with Crippen LogP contribution in [0.5, 0.6) is 5.75 Å². The van der Waals surface area contributed by atoms with Crippen molar-refractivity contribution in [1.82, 2.24) is 4.90 Å². The highest BCUT2D eigenvalue weighted by Gasteiger charge is 2.05. The summed E-state index contributed by atoms with van der Waals surface area (Å²) in [6.45, 7) is 12.3. The van der Waals surface area contributed by atoms with Gasteiger partial charge in [-0.3, -0.25) is 0 Å². The van der Waals surface area contributed by atoms with E-state index in [9.17, 15) is 0 Å². The van der Waals surface area contributed by atoms with E-state index < -0.39 is 0 Å². The fourth-order valence-corrected chi connectivity index (χ4v) is 1.94. The first-order chi connectivity index (χ1) is 8.58. The van der Waals surface area contributed by atoms with E-state index in [0.29, 0.717) is 0 Å². The molecule has 0 aliphatic rings. The molecule has 1 aromatic rings. The fourth-order valence-electron chi connectivity index (χ4n) is 1.94. The van der Waals surface area contributed by atoms with Gasteiger partial charge in [-0.25, -0.2) is 0 Å². The van der Waals surface area contributed by atoms with Gasteiger partial charge in [0.25, 0.3) is 0 Å². The molecule has 3 nitrogen and oxygen atoms in total. The number of ether oxygens (including phenoxy) is 1. The van der Waals surface area contributed by atoms with Crippen LogP contribution >= 0.6 is 0 Å². The standard InChI is InChI=1S/C15H26N2O/c1-5-17(6-2)9-10-18-15-8-7-14(13(4)16)11-12(15)3/h7-8,11,13H,5-6,9-10,16H2,1-4H3. The minimum Gasteiger partial charge on any atom is -0.492 e. The van der Waals surface area contributed by atoms with Gasteiger partial charge in [0.1, 0.15) is 12.4 Å². The molecule has 1 atom stereocenters. The maximum atomic E-state index is 5.86. The Labute approximate surface area is 111 Å². The molecule has 0 radical (unpaired) electrons. The number of hydrogen-bond donors (Lipinski definition) is 1. The van der Waals surface area contributed by atoms with Crippen molar-refractivity contribution in [3.63, 3.8) is 0 Å². The molecule has 0 aliphatic carbocycles. The van der Waals surface area contributed by atoms with Crippen molar-refractivity contribution in [1.29, 1.82) is 0 Å². The first-order valence-electron chi connectivity index (χ1n) is 6.79. The molecule has 0 saturated carbocycles. The van der Waals surface area contributed by atoms with Crippen molar-refractivity contribution in [3.8, 4) is 5.75 Å². The third-order valence-corrected chi connectivity index (χ3v) is 3.28. The Morgan fingerprint density at radius 1 is 1.28 bits per heavy atom. The van der Waals surface area contributed by atoms with E-state index in [-0.39, 0.29) is 6.04 Å². The summed E-state index contributed by atoms with van der Waals surface area (Å²) in [6.07, 6.45) is 0. The van der Waals surface area contributed by atoms with Crippen molar-refractivity contribution in [3.05, 3.63) is 29.3 Å². The lowest BCUT2D eigenvalue weighted by Crippen LogP contribution is -2.28. The highest BCUT2D eigenvalue weighted by molar-refractivity contribution is 5.37. The van der Waals surface area contributed by atoms with Crippen LogP contribution in [0.25, 0.3) is 0 Å². The van der Waals surface area contributed by atoms with E-state index in [0.717, 1.165) is 43.1 Å². The van der Waals surface area contributed by atoms with E-state index in [1.165, 1.54) is 0 Å². The van der Waals surface area contributed by atoms with Crippen molar-refractivity contribution in [2.45, 2.75) is 33.7 Å². The lowest BCUT2D eigenvalue weighted by Gasteiger charge is -2.19. The SMILES string of the molecule is CCN(CC)CCOc1ccc(C(C)N)cc1C. The second-order valence-corrected chi connectivity index (χ2v) is 4.69. The molecule has 3 heteroatoms. The second-order valence-electron chi connectivity index (χ2n) is 4.69. The van der Waals surface area contributed by atoms with E-state index in [1.54, 1.807) is 0 Å². The van der Waals surface area contributed by atoms with Gasteiger partial charge >= 0.3 is 0 Å². The molecule has 0 saturated heterocycles. The molecule has 0 fully saturated rings. The van der Waals surface area contributed by atoms with Crippen LogP contribution in [0.4, 0.5) is 0 Å². The van der Waals surface area contributed by atoms with E-state index in [2.05, 4.69) is 31.7 Å². The highest BCUT2D eigenvalue weighted by Crippen LogP contribution is 2.21. The Kier molecular flexibility index (Phi) is 6.16. The van der Waals surface area contributed by atoms with Gasteiger partial charge in [0, 0.05) is 12.6 Å². The van der Waals surface area contributed by atoms with Crippen LogP contribution in [0.3, 0.4) is 0 Å². The maximum absolute atomic E-state index is 5.86. The van der Waals surface area contributed by atoms with E-state index in [1.807, 2.05) is 19.1 Å². The van der Waals surface area contributed by atoms with Gasteiger partial charge in [-0.2, -0.15) is 0 Å². The first kappa shape index (κ1) is 15.0. The highest BCUT2D eigenvalue weighted by atomic mass is 16.5. The molecule has 1 aromatic carbocycles. The number of likely N-dealkylation sites (N-methyl/N-ethyl adjacent to an activating group) is 1. The molecular weight excluding hydrogens is 224 g/mol. The normalized spacial score (nSPS) is 12.8. The van der Waals surface area contributed by atoms with Gasteiger partial charge < -0.3 is 15.4 Å². The molecule has 1 unspecified atom stereocenters. The fraction of sp³-hybridized carbons (Fsp3) is 0.600. The molecule has 2 N–H and O–H groups in total. The second kappa shape index (κ2) is 7.39. The third-order valence-electron chi connectivity index (χ3n) is 3.28. The van der Waals surface area contributed by atoms with Crippen LogP contribution in [0.2, 0.25) is 0 Å². The monoisotopic (exact) mass is 250 g/mol. The molecule has 0 spiro atoms. The summed E-state index contributed by atoms with van der Waals surface area (Å²) in [5.41, 5.74) is 8.17. The van der Waals surface area contributed by atoms with Gasteiger partial charge in [0.15, 0.2) is 0 Å². The predicted molar refractivity (Wildman–Crippen MR) is 77.1 cm³/mol. The van der Waals surface area contributed by atoms with E-state index >= 15 is 0 Å². The maximum Gasteiger partial charge on any atom is 0.122 e. The largest absolute Gasteiger partial charge is 0.492 e. The summed E-state index contributed by atoms with van der Waals surface area (Å²) in [7, 11) is 0. The van der Waals surface area contributed by atoms with Crippen LogP contribution < -0.4 is 10.5 Å². The number of nitrogens with zero attached hydrogens (tertiary/aromatic N) is 1. The Morgan fingerprint density at radius 2 is 1.94 bits per heavy atom. The van der Waals surface area contributed by atoms with Crippen LogP contribution in [0, 0.1) is 6.92 Å². The van der Waals surface area contributed by atoms with Gasteiger partial charge in [-0.15, -0.1) is 0 Å². The molecular formula is C15H26N2O. The summed E-state index contributed by atoms with van der Waals surface area (Å²) < 4.78 is 5.82. The molecule has 0 aromatic heterocycles. The Bertz CT molecular complexity index is 360. The zero-order valence-electron chi connectivity index (χ0n) is 12.1. The summed E-state index contributed by atoms with van der Waals surface area (Å²) >= 11 is 0. The summed E-state index contributed by atoms with van der Waals surface area (Å²) in [4.78, 5) is 2.35. The van der Waals surface area contributed by atoms with Crippen LogP contribution in [-0.2, 0) is 0 Å². The average Bonchev–Trinajstić information content (AvgIpc) is 2.36. The average molecular weight is 250 g/mol. The molecule has 0 aliphatic heterocycles. The third kappa shape index (κ3) is 4.31. The van der Waals surface area contributed by atoms with Crippen LogP contribution in [0.15, 0.2) is 18.2 Å². The Hall–Kier alpha value is -1.06. The lowest BCUT2D eigenvalue weighted by molar-refractivity contribution is 0.222. The number of nitrogens with two attached hydrogens (primary N) is 1. The quantitative estimate of drug-likeness (QED) is 0.808. The molecule has 1 rings (SSSR count). The number of hydrogen-bond acceptors (Lipinski definition) is 3. The predicted octanol–water partition coefficient (Wildman–Crippen LogP) is 2.74. The smallest absolute Gasteiger partial charge is 0.122 e. The van der Waals surface area contributed by atoms with Crippen molar-refractivity contribution < 1.29 is 4.74 Å². The minimum absolute atomic E-state index is 0.0772. The zero-order valence-corrected chi connectivity index (χ0v) is 12.1. The van der Waals surface area contributed by atoms with E-state index in [4.69, 9.17) is 10.5 Å². The molecule has 0 heterocycles. The zero-order chi connectivity index (χ0) is 13.5. The topological polar surface area (TPSA) is 38.5 Å². The molecule has 18 heavy (non-hydrogen) atoms. The molecule has 0 bridgehead atoms. The molecule has 0 amide bonds. The lowest BCUT2D eigenvalue weighted by atomic mass is 10.1. The number of benzene rings is 1. The summed E-state index contributed by atoms with van der Waals surface area (Å²) in [5.74, 6) is 0.964. The number of rotatable bonds is 7. The van der Waals surface area contributed by atoms with Gasteiger partial charge in [0.05, 0.1) is 0 Å². The molecule has 102 valence electrons. The van der Waals surface area contributed by atoms with Gasteiger partial charge in [-0.1, -0.05) is 26.0 Å². The first-order valence-corrected chi connectivity index (χ1v) is 6.79. The Balaban J connectivity index is 2.53. The minimum atomic E-state index is 0.0772.